The van der Waals surface area contributed by atoms with Gasteiger partial charge in [0.15, 0.2) is 0 Å². The molecule has 0 aromatic carbocycles. The summed E-state index contributed by atoms with van der Waals surface area (Å²) in [6.45, 7) is 3.19. The summed E-state index contributed by atoms with van der Waals surface area (Å²) in [6.07, 6.45) is 6.12. The van der Waals surface area contributed by atoms with E-state index in [0.29, 0.717) is 24.0 Å². The summed E-state index contributed by atoms with van der Waals surface area (Å²) in [5.41, 5.74) is 2.76. The van der Waals surface area contributed by atoms with Gasteiger partial charge in [-0.1, -0.05) is 6.42 Å². The van der Waals surface area contributed by atoms with Crippen molar-refractivity contribution in [2.24, 2.45) is 0 Å². The highest BCUT2D eigenvalue weighted by molar-refractivity contribution is 7.98. The van der Waals surface area contributed by atoms with Gasteiger partial charge in [0.25, 0.3) is 5.56 Å². The van der Waals surface area contributed by atoms with Crippen LogP contribution in [0.4, 0.5) is 5.82 Å². The first-order valence-electron chi connectivity index (χ1n) is 10.3. The van der Waals surface area contributed by atoms with Crippen molar-refractivity contribution < 1.29 is 0 Å². The number of hydrogen-bond acceptors (Lipinski definition) is 7. The third kappa shape index (κ3) is 4.80. The molecule has 0 saturated carbocycles. The summed E-state index contributed by atoms with van der Waals surface area (Å²) >= 11 is 1.87. The van der Waals surface area contributed by atoms with Crippen molar-refractivity contribution in [1.29, 1.82) is 5.26 Å². The number of nitriles is 1. The molecule has 2 aromatic rings. The Balaban J connectivity index is 1.39. The first kappa shape index (κ1) is 19.9. The van der Waals surface area contributed by atoms with E-state index in [4.69, 9.17) is 0 Å². The highest BCUT2D eigenvalue weighted by atomic mass is 32.2. The summed E-state index contributed by atoms with van der Waals surface area (Å²) in [5.74, 6) is 2.62. The highest BCUT2D eigenvalue weighted by Crippen LogP contribution is 2.21. The minimum atomic E-state index is 0.00471. The van der Waals surface area contributed by atoms with Gasteiger partial charge in [-0.15, -0.1) is 0 Å². The molecule has 0 radical (unpaired) electrons. The van der Waals surface area contributed by atoms with Crippen molar-refractivity contribution in [2.75, 3.05) is 30.7 Å². The predicted molar refractivity (Wildman–Crippen MR) is 115 cm³/mol. The van der Waals surface area contributed by atoms with Gasteiger partial charge >= 0.3 is 0 Å². The Bertz CT molecular complexity index is 953. The zero-order valence-corrected chi connectivity index (χ0v) is 17.3. The number of anilines is 1. The number of nitrogens with zero attached hydrogens (tertiary/aromatic N) is 5. The summed E-state index contributed by atoms with van der Waals surface area (Å²) in [6, 6.07) is 7.88. The number of aromatic nitrogens is 3. The van der Waals surface area contributed by atoms with Crippen molar-refractivity contribution in [3.63, 3.8) is 0 Å². The van der Waals surface area contributed by atoms with Gasteiger partial charge in [0, 0.05) is 43.6 Å². The Morgan fingerprint density at radius 3 is 3.17 bits per heavy atom. The van der Waals surface area contributed by atoms with Crippen LogP contribution in [0, 0.1) is 11.3 Å². The van der Waals surface area contributed by atoms with Gasteiger partial charge in [-0.25, -0.2) is 9.67 Å². The molecule has 8 heteroatoms. The minimum absolute atomic E-state index is 0.00471. The molecule has 0 amide bonds. The number of fused-ring (bicyclic) bond motifs is 1. The van der Waals surface area contributed by atoms with Crippen LogP contribution in [0.15, 0.2) is 29.2 Å². The van der Waals surface area contributed by atoms with Crippen LogP contribution in [0.25, 0.3) is 0 Å². The second-order valence-corrected chi connectivity index (χ2v) is 8.66. The van der Waals surface area contributed by atoms with Gasteiger partial charge in [-0.05, 0) is 42.8 Å². The maximum absolute atomic E-state index is 12.4. The molecule has 7 nitrogen and oxygen atoms in total. The van der Waals surface area contributed by atoms with Crippen LogP contribution in [0.3, 0.4) is 0 Å². The largest absolute Gasteiger partial charge is 0.367 e. The number of piperidine rings is 1. The number of pyridine rings is 1. The standard InChI is InChI=1S/C21H26N6OS/c22-13-16-4-3-7-23-21(16)24-14-18-5-1-2-8-26(18)9-10-27-20(28)12-17-15-29-11-6-19(17)25-27/h3-4,7,12,18H,1-2,5-6,8-11,14-15H2,(H,23,24). The maximum Gasteiger partial charge on any atom is 0.267 e. The zero-order valence-electron chi connectivity index (χ0n) is 16.5. The molecule has 29 heavy (non-hydrogen) atoms. The van der Waals surface area contributed by atoms with E-state index in [1.165, 1.54) is 12.8 Å². The number of hydrogen-bond donors (Lipinski definition) is 1. The Hall–Kier alpha value is -2.37. The molecule has 152 valence electrons. The summed E-state index contributed by atoms with van der Waals surface area (Å²) in [7, 11) is 0. The predicted octanol–water partition coefficient (Wildman–Crippen LogP) is 2.27. The third-order valence-corrected chi connectivity index (χ3v) is 6.69. The molecule has 0 spiro atoms. The molecule has 2 aliphatic heterocycles. The maximum atomic E-state index is 12.4. The van der Waals surface area contributed by atoms with Crippen LogP contribution in [0.1, 0.15) is 36.1 Å². The fourth-order valence-corrected chi connectivity index (χ4v) is 5.02. The molecule has 1 fully saturated rings. The van der Waals surface area contributed by atoms with E-state index in [0.717, 1.165) is 55.2 Å². The number of rotatable bonds is 6. The quantitative estimate of drug-likeness (QED) is 0.782. The molecular weight excluding hydrogens is 384 g/mol. The van der Waals surface area contributed by atoms with Gasteiger partial charge in [0.2, 0.25) is 0 Å². The normalized spacial score (nSPS) is 19.3. The van der Waals surface area contributed by atoms with Gasteiger partial charge in [0.05, 0.1) is 17.8 Å². The molecular formula is C21H26N6OS. The fourth-order valence-electron chi connectivity index (χ4n) is 4.07. The highest BCUT2D eigenvalue weighted by Gasteiger charge is 2.23. The van der Waals surface area contributed by atoms with Crippen LogP contribution in [-0.4, -0.2) is 51.1 Å². The summed E-state index contributed by atoms with van der Waals surface area (Å²) < 4.78 is 1.64. The lowest BCUT2D eigenvalue weighted by Gasteiger charge is -2.36. The van der Waals surface area contributed by atoms with E-state index in [2.05, 4.69) is 26.4 Å². The fraction of sp³-hybridized carbons (Fsp3) is 0.524. The lowest BCUT2D eigenvalue weighted by Crippen LogP contribution is -2.46. The number of likely N-dealkylation sites (tertiary alicyclic amines) is 1. The average Bonchev–Trinajstić information content (AvgIpc) is 2.77. The van der Waals surface area contributed by atoms with Crippen LogP contribution >= 0.6 is 11.8 Å². The second kappa shape index (κ2) is 9.42. The number of nitrogens with one attached hydrogen (secondary N) is 1. The van der Waals surface area contributed by atoms with Gasteiger partial charge in [0.1, 0.15) is 11.9 Å². The second-order valence-electron chi connectivity index (χ2n) is 7.56. The molecule has 2 aliphatic rings. The molecule has 0 bridgehead atoms. The Morgan fingerprint density at radius 1 is 1.34 bits per heavy atom. The average molecular weight is 411 g/mol. The Morgan fingerprint density at radius 2 is 2.28 bits per heavy atom. The summed E-state index contributed by atoms with van der Waals surface area (Å²) in [5, 5.41) is 17.2. The lowest BCUT2D eigenvalue weighted by atomic mass is 10.0. The van der Waals surface area contributed by atoms with E-state index in [1.54, 1.807) is 29.1 Å². The van der Waals surface area contributed by atoms with Crippen molar-refractivity contribution in [1.82, 2.24) is 19.7 Å². The van der Waals surface area contributed by atoms with Crippen LogP contribution in [0.5, 0.6) is 0 Å². The Labute approximate surface area is 175 Å². The molecule has 2 aromatic heterocycles. The topological polar surface area (TPSA) is 86.8 Å². The minimum Gasteiger partial charge on any atom is -0.367 e. The molecule has 1 N–H and O–H groups in total. The Kier molecular flexibility index (Phi) is 6.47. The monoisotopic (exact) mass is 410 g/mol. The number of thioether (sulfide) groups is 1. The van der Waals surface area contributed by atoms with E-state index in [9.17, 15) is 10.1 Å². The smallest absolute Gasteiger partial charge is 0.267 e. The van der Waals surface area contributed by atoms with Gasteiger partial charge in [-0.3, -0.25) is 9.69 Å². The first-order chi connectivity index (χ1) is 14.2. The lowest BCUT2D eigenvalue weighted by molar-refractivity contribution is 0.147. The SMILES string of the molecule is N#Cc1cccnc1NCC1CCCCN1CCn1nc2c(cc1=O)CSCC2. The number of aryl methyl sites for hydroxylation is 1. The zero-order chi connectivity index (χ0) is 20.1. The van der Waals surface area contributed by atoms with E-state index >= 15 is 0 Å². The van der Waals surface area contributed by atoms with Crippen molar-refractivity contribution in [3.05, 3.63) is 51.6 Å². The molecule has 0 aliphatic carbocycles. The van der Waals surface area contributed by atoms with E-state index < -0.39 is 0 Å². The summed E-state index contributed by atoms with van der Waals surface area (Å²) in [4.78, 5) is 19.2. The van der Waals surface area contributed by atoms with E-state index in [-0.39, 0.29) is 5.56 Å². The molecule has 1 atom stereocenters. The molecule has 4 rings (SSSR count). The van der Waals surface area contributed by atoms with Crippen molar-refractivity contribution in [2.45, 2.75) is 44.0 Å². The van der Waals surface area contributed by atoms with Crippen LogP contribution in [0.2, 0.25) is 0 Å². The van der Waals surface area contributed by atoms with Gasteiger partial charge < -0.3 is 5.32 Å². The third-order valence-electron chi connectivity index (χ3n) is 5.69. The first-order valence-corrected chi connectivity index (χ1v) is 11.4. The van der Waals surface area contributed by atoms with Gasteiger partial charge in [-0.2, -0.15) is 22.1 Å². The molecule has 1 unspecified atom stereocenters. The van der Waals surface area contributed by atoms with Crippen molar-refractivity contribution in [3.8, 4) is 6.07 Å². The molecule has 4 heterocycles. The van der Waals surface area contributed by atoms with Crippen molar-refractivity contribution >= 4 is 17.6 Å². The molecule has 1 saturated heterocycles. The van der Waals surface area contributed by atoms with Crippen LogP contribution in [-0.2, 0) is 18.7 Å². The van der Waals surface area contributed by atoms with E-state index in [1.807, 2.05) is 11.8 Å². The van der Waals surface area contributed by atoms with Crippen LogP contribution < -0.4 is 10.9 Å².